The van der Waals surface area contributed by atoms with E-state index in [0.717, 1.165) is 4.88 Å². The van der Waals surface area contributed by atoms with Crippen molar-refractivity contribution in [3.8, 4) is 11.8 Å². The molecule has 1 nitrogen and oxygen atoms in total. The highest BCUT2D eigenvalue weighted by atomic mass is 35.5. The van der Waals surface area contributed by atoms with E-state index in [4.69, 9.17) is 11.6 Å². The van der Waals surface area contributed by atoms with Crippen LogP contribution in [0.2, 0.25) is 5.02 Å². The topological polar surface area (TPSA) is 20.2 Å². The average molecular weight is 187 g/mol. The van der Waals surface area contributed by atoms with Gasteiger partial charge < -0.3 is 5.11 Å². The minimum Gasteiger partial charge on any atom is -0.375 e. The van der Waals surface area contributed by atoms with E-state index in [0.29, 0.717) is 5.02 Å². The summed E-state index contributed by atoms with van der Waals surface area (Å²) in [5.74, 6) is 5.25. The molecule has 0 aliphatic rings. The van der Waals surface area contributed by atoms with Crippen molar-refractivity contribution in [2.24, 2.45) is 0 Å². The van der Waals surface area contributed by atoms with Crippen LogP contribution in [-0.4, -0.2) is 5.11 Å². The van der Waals surface area contributed by atoms with Crippen LogP contribution in [0.15, 0.2) is 11.4 Å². The van der Waals surface area contributed by atoms with Crippen LogP contribution in [0.3, 0.4) is 0 Å². The fourth-order valence-electron chi connectivity index (χ4n) is 0.703. The molecular weight excluding hydrogens is 180 g/mol. The Morgan fingerprint density at radius 1 is 1.73 bits per heavy atom. The Kier molecular flexibility index (Phi) is 2.95. The Labute approximate surface area is 74.6 Å². The van der Waals surface area contributed by atoms with E-state index in [1.807, 2.05) is 5.38 Å². The second kappa shape index (κ2) is 3.77. The number of thiophene rings is 1. The summed E-state index contributed by atoms with van der Waals surface area (Å²) in [5, 5.41) is 11.8. The molecular formula is C8H7ClOS. The van der Waals surface area contributed by atoms with Crippen LogP contribution in [0, 0.1) is 11.8 Å². The summed E-state index contributed by atoms with van der Waals surface area (Å²) < 4.78 is 0. The van der Waals surface area contributed by atoms with E-state index in [2.05, 4.69) is 11.8 Å². The van der Waals surface area contributed by atoms with Gasteiger partial charge in [-0.1, -0.05) is 17.5 Å². The predicted octanol–water partition coefficient (Wildman–Crippen LogP) is 2.46. The number of aliphatic hydroxyl groups excluding tert-OH is 1. The quantitative estimate of drug-likeness (QED) is 0.669. The van der Waals surface area contributed by atoms with Crippen LogP contribution in [-0.2, 0) is 0 Å². The van der Waals surface area contributed by atoms with Crippen molar-refractivity contribution in [1.29, 1.82) is 0 Å². The Hall–Kier alpha value is -0.490. The van der Waals surface area contributed by atoms with Crippen LogP contribution in [0.1, 0.15) is 17.9 Å². The average Bonchev–Trinajstić information content (AvgIpc) is 2.36. The Morgan fingerprint density at radius 2 is 2.45 bits per heavy atom. The summed E-state index contributed by atoms with van der Waals surface area (Å²) >= 11 is 7.17. The second-order valence-corrected chi connectivity index (χ2v) is 3.28. The monoisotopic (exact) mass is 186 g/mol. The molecule has 0 saturated carbocycles. The highest BCUT2D eigenvalue weighted by Crippen LogP contribution is 2.27. The molecule has 1 aromatic rings. The van der Waals surface area contributed by atoms with E-state index in [9.17, 15) is 5.11 Å². The standard InChI is InChI=1S/C8H7ClOS/c1-2-3-7(10)8-6(9)4-5-11-8/h4-5,7,10H,1H3. The molecule has 0 aliphatic carbocycles. The van der Waals surface area contributed by atoms with Crippen molar-refractivity contribution in [2.75, 3.05) is 0 Å². The lowest BCUT2D eigenvalue weighted by Crippen LogP contribution is -1.89. The second-order valence-electron chi connectivity index (χ2n) is 1.93. The maximum Gasteiger partial charge on any atom is 0.150 e. The van der Waals surface area contributed by atoms with E-state index in [1.165, 1.54) is 11.3 Å². The van der Waals surface area contributed by atoms with Crippen molar-refractivity contribution >= 4 is 22.9 Å². The van der Waals surface area contributed by atoms with Gasteiger partial charge in [0.25, 0.3) is 0 Å². The molecule has 58 valence electrons. The molecule has 0 radical (unpaired) electrons. The molecule has 0 fully saturated rings. The Bertz CT molecular complexity index is 295. The molecule has 3 heteroatoms. The lowest BCUT2D eigenvalue weighted by Gasteiger charge is -1.98. The summed E-state index contributed by atoms with van der Waals surface area (Å²) in [6.45, 7) is 1.69. The Morgan fingerprint density at radius 3 is 2.91 bits per heavy atom. The SMILES string of the molecule is CC#CC(O)c1sccc1Cl. The van der Waals surface area contributed by atoms with E-state index in [-0.39, 0.29) is 0 Å². The fourth-order valence-corrected chi connectivity index (χ4v) is 1.80. The van der Waals surface area contributed by atoms with Gasteiger partial charge in [0.2, 0.25) is 0 Å². The minimum absolute atomic E-state index is 0.588. The number of hydrogen-bond donors (Lipinski definition) is 1. The molecule has 0 saturated heterocycles. The summed E-state index contributed by atoms with van der Waals surface area (Å²) in [6, 6.07) is 1.75. The molecule has 1 unspecified atom stereocenters. The van der Waals surface area contributed by atoms with Crippen molar-refractivity contribution in [2.45, 2.75) is 13.0 Å². The third kappa shape index (κ3) is 1.97. The molecule has 0 amide bonds. The van der Waals surface area contributed by atoms with Gasteiger partial charge in [0.15, 0.2) is 6.10 Å². The first-order valence-electron chi connectivity index (χ1n) is 3.09. The molecule has 1 atom stereocenters. The summed E-state index contributed by atoms with van der Waals surface area (Å²) in [7, 11) is 0. The molecule has 1 heterocycles. The third-order valence-electron chi connectivity index (χ3n) is 1.17. The van der Waals surface area contributed by atoms with Gasteiger partial charge in [0.1, 0.15) is 0 Å². The fraction of sp³-hybridized carbons (Fsp3) is 0.250. The molecule has 1 N–H and O–H groups in total. The van der Waals surface area contributed by atoms with Gasteiger partial charge in [-0.15, -0.1) is 17.3 Å². The van der Waals surface area contributed by atoms with E-state index >= 15 is 0 Å². The molecule has 0 spiro atoms. The van der Waals surface area contributed by atoms with Crippen LogP contribution >= 0.6 is 22.9 Å². The molecule has 1 aromatic heterocycles. The van der Waals surface area contributed by atoms with Crippen molar-refractivity contribution in [1.82, 2.24) is 0 Å². The lowest BCUT2D eigenvalue weighted by atomic mass is 10.3. The molecule has 0 aliphatic heterocycles. The van der Waals surface area contributed by atoms with Gasteiger partial charge in [0.05, 0.1) is 9.90 Å². The van der Waals surface area contributed by atoms with E-state index in [1.54, 1.807) is 13.0 Å². The highest BCUT2D eigenvalue weighted by molar-refractivity contribution is 7.10. The Balaban J connectivity index is 2.89. The van der Waals surface area contributed by atoms with Gasteiger partial charge in [-0.05, 0) is 18.4 Å². The first kappa shape index (κ1) is 8.61. The summed E-state index contributed by atoms with van der Waals surface area (Å²) in [4.78, 5) is 0.723. The summed E-state index contributed by atoms with van der Waals surface area (Å²) in [6.07, 6.45) is -0.729. The van der Waals surface area contributed by atoms with Gasteiger partial charge in [-0.25, -0.2) is 0 Å². The number of halogens is 1. The highest BCUT2D eigenvalue weighted by Gasteiger charge is 2.08. The lowest BCUT2D eigenvalue weighted by molar-refractivity contribution is 0.242. The molecule has 1 rings (SSSR count). The molecule has 0 bridgehead atoms. The molecule has 0 aromatic carbocycles. The smallest absolute Gasteiger partial charge is 0.150 e. The van der Waals surface area contributed by atoms with Crippen molar-refractivity contribution in [3.63, 3.8) is 0 Å². The van der Waals surface area contributed by atoms with Gasteiger partial charge >= 0.3 is 0 Å². The van der Waals surface area contributed by atoms with Crippen LogP contribution in [0.5, 0.6) is 0 Å². The minimum atomic E-state index is -0.729. The van der Waals surface area contributed by atoms with Gasteiger partial charge in [-0.3, -0.25) is 0 Å². The maximum absolute atomic E-state index is 9.34. The van der Waals surface area contributed by atoms with Crippen LogP contribution < -0.4 is 0 Å². The first-order chi connectivity index (χ1) is 5.25. The zero-order valence-electron chi connectivity index (χ0n) is 5.97. The zero-order chi connectivity index (χ0) is 8.27. The predicted molar refractivity (Wildman–Crippen MR) is 47.7 cm³/mol. The van der Waals surface area contributed by atoms with Gasteiger partial charge in [0, 0.05) is 0 Å². The first-order valence-corrected chi connectivity index (χ1v) is 4.34. The van der Waals surface area contributed by atoms with Crippen LogP contribution in [0.25, 0.3) is 0 Å². The molecule has 11 heavy (non-hydrogen) atoms. The van der Waals surface area contributed by atoms with E-state index < -0.39 is 6.10 Å². The van der Waals surface area contributed by atoms with Crippen LogP contribution in [0.4, 0.5) is 0 Å². The normalized spacial score (nSPS) is 11.9. The largest absolute Gasteiger partial charge is 0.375 e. The number of rotatable bonds is 1. The maximum atomic E-state index is 9.34. The van der Waals surface area contributed by atoms with Crippen molar-refractivity contribution in [3.05, 3.63) is 21.3 Å². The third-order valence-corrected chi connectivity index (χ3v) is 2.59. The number of hydrogen-bond acceptors (Lipinski definition) is 2. The van der Waals surface area contributed by atoms with Gasteiger partial charge in [-0.2, -0.15) is 0 Å². The summed E-state index contributed by atoms with van der Waals surface area (Å²) in [5.41, 5.74) is 0. The van der Waals surface area contributed by atoms with Crippen molar-refractivity contribution < 1.29 is 5.11 Å². The zero-order valence-corrected chi connectivity index (χ0v) is 7.54. The number of aliphatic hydroxyl groups is 1.